The minimum absolute atomic E-state index is 0.0619. The third-order valence-electron chi connectivity index (χ3n) is 4.02. The van der Waals surface area contributed by atoms with E-state index in [-0.39, 0.29) is 5.78 Å². The Hall–Kier alpha value is -1.61. The molecule has 0 fully saturated rings. The van der Waals surface area contributed by atoms with Gasteiger partial charge in [0.15, 0.2) is 5.78 Å². The van der Waals surface area contributed by atoms with Crippen molar-refractivity contribution in [2.75, 3.05) is 5.73 Å². The minimum atomic E-state index is 0.0619. The third-order valence-corrected chi connectivity index (χ3v) is 5.12. The zero-order valence-corrected chi connectivity index (χ0v) is 12.6. The lowest BCUT2D eigenvalue weighted by molar-refractivity contribution is 0.103. The van der Waals surface area contributed by atoms with Gasteiger partial charge in [-0.05, 0) is 55.4 Å². The van der Waals surface area contributed by atoms with E-state index in [1.165, 1.54) is 40.2 Å². The average molecular weight is 285 g/mol. The highest BCUT2D eigenvalue weighted by Gasteiger charge is 2.17. The molecule has 0 amide bonds. The van der Waals surface area contributed by atoms with Crippen molar-refractivity contribution in [3.05, 3.63) is 51.4 Å². The highest BCUT2D eigenvalue weighted by Crippen LogP contribution is 2.29. The standard InChI is InChI=1S/C17H19NOS/c1-2-14-10-15(17(18)20-14)16(19)13-8-7-11-5-3-4-6-12(11)9-13/h7-10H,2-6,18H2,1H3. The summed E-state index contributed by atoms with van der Waals surface area (Å²) in [7, 11) is 0. The van der Waals surface area contributed by atoms with E-state index in [4.69, 9.17) is 5.73 Å². The van der Waals surface area contributed by atoms with Crippen LogP contribution in [-0.4, -0.2) is 5.78 Å². The molecule has 0 radical (unpaired) electrons. The maximum Gasteiger partial charge on any atom is 0.195 e. The van der Waals surface area contributed by atoms with Crippen LogP contribution in [0.1, 0.15) is 51.7 Å². The lowest BCUT2D eigenvalue weighted by Crippen LogP contribution is -2.07. The maximum atomic E-state index is 12.6. The van der Waals surface area contributed by atoms with E-state index in [0.717, 1.165) is 24.8 Å². The summed E-state index contributed by atoms with van der Waals surface area (Å²) in [6, 6.07) is 8.08. The molecule has 20 heavy (non-hydrogen) atoms. The summed E-state index contributed by atoms with van der Waals surface area (Å²) in [6.45, 7) is 2.08. The molecule has 2 N–H and O–H groups in total. The number of carbonyl (C=O) groups excluding carboxylic acids is 1. The smallest absolute Gasteiger partial charge is 0.195 e. The summed E-state index contributed by atoms with van der Waals surface area (Å²) in [5.74, 6) is 0.0619. The molecular formula is C17H19NOS. The van der Waals surface area contributed by atoms with Crippen molar-refractivity contribution in [2.45, 2.75) is 39.0 Å². The van der Waals surface area contributed by atoms with E-state index in [9.17, 15) is 4.79 Å². The minimum Gasteiger partial charge on any atom is -0.390 e. The molecule has 104 valence electrons. The van der Waals surface area contributed by atoms with Crippen LogP contribution in [-0.2, 0) is 19.3 Å². The van der Waals surface area contributed by atoms with Crippen LogP contribution in [0.5, 0.6) is 0 Å². The molecule has 0 atom stereocenters. The number of hydrogen-bond acceptors (Lipinski definition) is 3. The van der Waals surface area contributed by atoms with Gasteiger partial charge in [-0.2, -0.15) is 0 Å². The van der Waals surface area contributed by atoms with E-state index in [1.807, 2.05) is 12.1 Å². The van der Waals surface area contributed by atoms with E-state index < -0.39 is 0 Å². The van der Waals surface area contributed by atoms with Crippen molar-refractivity contribution in [1.82, 2.24) is 0 Å². The highest BCUT2D eigenvalue weighted by atomic mass is 32.1. The molecule has 1 heterocycles. The first kappa shape index (κ1) is 13.4. The van der Waals surface area contributed by atoms with Crippen LogP contribution >= 0.6 is 11.3 Å². The van der Waals surface area contributed by atoms with Gasteiger partial charge < -0.3 is 5.73 Å². The second kappa shape index (κ2) is 5.41. The van der Waals surface area contributed by atoms with Gasteiger partial charge in [0.2, 0.25) is 0 Å². The first-order valence-electron chi connectivity index (χ1n) is 7.23. The van der Waals surface area contributed by atoms with Gasteiger partial charge in [-0.3, -0.25) is 4.79 Å². The second-order valence-electron chi connectivity index (χ2n) is 5.36. The van der Waals surface area contributed by atoms with Crippen LogP contribution in [0.3, 0.4) is 0 Å². The summed E-state index contributed by atoms with van der Waals surface area (Å²) in [5.41, 5.74) is 10.2. The highest BCUT2D eigenvalue weighted by molar-refractivity contribution is 7.16. The number of fused-ring (bicyclic) bond motifs is 1. The van der Waals surface area contributed by atoms with Crippen molar-refractivity contribution in [1.29, 1.82) is 0 Å². The van der Waals surface area contributed by atoms with Crippen LogP contribution in [0.4, 0.5) is 5.00 Å². The molecule has 3 rings (SSSR count). The zero-order valence-electron chi connectivity index (χ0n) is 11.7. The molecule has 2 aromatic rings. The first-order valence-corrected chi connectivity index (χ1v) is 8.05. The fourth-order valence-corrected chi connectivity index (χ4v) is 3.70. The molecule has 1 aromatic heterocycles. The Kier molecular flexibility index (Phi) is 3.62. The number of nitrogens with two attached hydrogens (primary N) is 1. The van der Waals surface area contributed by atoms with Crippen molar-refractivity contribution in [2.24, 2.45) is 0 Å². The monoisotopic (exact) mass is 285 g/mol. The summed E-state index contributed by atoms with van der Waals surface area (Å²) < 4.78 is 0. The van der Waals surface area contributed by atoms with Crippen LogP contribution in [0, 0.1) is 0 Å². The number of thiophene rings is 1. The summed E-state index contributed by atoms with van der Waals surface area (Å²) >= 11 is 1.52. The topological polar surface area (TPSA) is 43.1 Å². The summed E-state index contributed by atoms with van der Waals surface area (Å²) in [4.78, 5) is 13.8. The Morgan fingerprint density at radius 3 is 2.65 bits per heavy atom. The Balaban J connectivity index is 1.95. The van der Waals surface area contributed by atoms with Crippen LogP contribution < -0.4 is 5.73 Å². The molecule has 0 bridgehead atoms. The molecule has 0 aliphatic heterocycles. The number of nitrogen functional groups attached to an aromatic ring is 1. The van der Waals surface area contributed by atoms with Gasteiger partial charge in [0.1, 0.15) is 0 Å². The molecule has 3 heteroatoms. The molecule has 0 unspecified atom stereocenters. The van der Waals surface area contributed by atoms with Crippen LogP contribution in [0.2, 0.25) is 0 Å². The predicted molar refractivity (Wildman–Crippen MR) is 84.6 cm³/mol. The van der Waals surface area contributed by atoms with Gasteiger partial charge in [-0.25, -0.2) is 0 Å². The molecule has 0 saturated heterocycles. The molecule has 1 aliphatic rings. The van der Waals surface area contributed by atoms with Crippen molar-refractivity contribution in [3.8, 4) is 0 Å². The van der Waals surface area contributed by atoms with E-state index in [1.54, 1.807) is 0 Å². The number of anilines is 1. The van der Waals surface area contributed by atoms with Crippen molar-refractivity contribution < 1.29 is 4.79 Å². The fraction of sp³-hybridized carbons (Fsp3) is 0.353. The molecule has 1 aliphatic carbocycles. The van der Waals surface area contributed by atoms with E-state index in [2.05, 4.69) is 19.1 Å². The lowest BCUT2D eigenvalue weighted by atomic mass is 9.89. The van der Waals surface area contributed by atoms with E-state index in [0.29, 0.717) is 10.6 Å². The van der Waals surface area contributed by atoms with E-state index >= 15 is 0 Å². The number of benzene rings is 1. The normalized spacial score (nSPS) is 14.1. The Morgan fingerprint density at radius 2 is 1.95 bits per heavy atom. The fourth-order valence-electron chi connectivity index (χ4n) is 2.84. The SMILES string of the molecule is CCc1cc(C(=O)c2ccc3c(c2)CCCC3)c(N)s1. The second-order valence-corrected chi connectivity index (χ2v) is 6.53. The third kappa shape index (κ3) is 2.38. The van der Waals surface area contributed by atoms with Crippen molar-refractivity contribution in [3.63, 3.8) is 0 Å². The quantitative estimate of drug-likeness (QED) is 0.866. The zero-order chi connectivity index (χ0) is 14.1. The van der Waals surface area contributed by atoms with Gasteiger partial charge in [0.05, 0.1) is 10.6 Å². The van der Waals surface area contributed by atoms with Crippen LogP contribution in [0.15, 0.2) is 24.3 Å². The number of ketones is 1. The number of aryl methyl sites for hydroxylation is 3. The Labute approximate surface area is 123 Å². The summed E-state index contributed by atoms with van der Waals surface area (Å²) in [5, 5.41) is 0.643. The first-order chi connectivity index (χ1) is 9.69. The van der Waals surface area contributed by atoms with Gasteiger partial charge in [0, 0.05) is 10.4 Å². The van der Waals surface area contributed by atoms with Crippen LogP contribution in [0.25, 0.3) is 0 Å². The average Bonchev–Trinajstić information content (AvgIpc) is 2.87. The lowest BCUT2D eigenvalue weighted by Gasteiger charge is -2.16. The van der Waals surface area contributed by atoms with Gasteiger partial charge in [-0.1, -0.05) is 19.1 Å². The molecule has 2 nitrogen and oxygen atoms in total. The number of hydrogen-bond donors (Lipinski definition) is 1. The molecule has 0 saturated carbocycles. The molecular weight excluding hydrogens is 266 g/mol. The molecule has 0 spiro atoms. The number of carbonyl (C=O) groups is 1. The number of rotatable bonds is 3. The van der Waals surface area contributed by atoms with Gasteiger partial charge in [0.25, 0.3) is 0 Å². The van der Waals surface area contributed by atoms with Gasteiger partial charge >= 0.3 is 0 Å². The predicted octanol–water partition coefficient (Wildman–Crippen LogP) is 4.00. The Morgan fingerprint density at radius 1 is 1.20 bits per heavy atom. The largest absolute Gasteiger partial charge is 0.390 e. The molecule has 1 aromatic carbocycles. The van der Waals surface area contributed by atoms with Crippen molar-refractivity contribution >= 4 is 22.1 Å². The Bertz CT molecular complexity index is 657. The maximum absolute atomic E-state index is 12.6. The summed E-state index contributed by atoms with van der Waals surface area (Å²) in [6.07, 6.45) is 5.65. The van der Waals surface area contributed by atoms with Gasteiger partial charge in [-0.15, -0.1) is 11.3 Å².